The van der Waals surface area contributed by atoms with Crippen LogP contribution in [0.15, 0.2) is 24.7 Å². The molecule has 0 saturated heterocycles. The number of aromatic nitrogens is 5. The Balaban J connectivity index is 1.66. The van der Waals surface area contributed by atoms with E-state index in [1.165, 1.54) is 19.5 Å². The van der Waals surface area contributed by atoms with Crippen LogP contribution in [0.2, 0.25) is 0 Å². The van der Waals surface area contributed by atoms with E-state index in [0.717, 1.165) is 6.07 Å². The molecule has 0 spiro atoms. The largest absolute Gasteiger partial charge is 0.459 e. The number of hydrogen-bond donors (Lipinski definition) is 0. The third kappa shape index (κ3) is 3.28. The number of methoxy groups -OCH3 is 1. The van der Waals surface area contributed by atoms with Gasteiger partial charge in [0.2, 0.25) is 5.60 Å². The molecule has 0 radical (unpaired) electrons. The lowest BCUT2D eigenvalue weighted by atomic mass is 9.79. The summed E-state index contributed by atoms with van der Waals surface area (Å²) >= 11 is 0. The Bertz CT molecular complexity index is 1050. The summed E-state index contributed by atoms with van der Waals surface area (Å²) in [4.78, 5) is 7.97. The van der Waals surface area contributed by atoms with E-state index in [1.54, 1.807) is 17.5 Å². The topological polar surface area (TPSA) is 74.4 Å². The average molecular weight is 411 g/mol. The van der Waals surface area contributed by atoms with Gasteiger partial charge < -0.3 is 9.47 Å². The van der Waals surface area contributed by atoms with Gasteiger partial charge in [0.15, 0.2) is 17.3 Å². The fourth-order valence-corrected chi connectivity index (χ4v) is 3.12. The fourth-order valence-electron chi connectivity index (χ4n) is 3.12. The second-order valence-electron chi connectivity index (χ2n) is 6.90. The highest BCUT2D eigenvalue weighted by molar-refractivity contribution is 5.59. The first-order chi connectivity index (χ1) is 13.7. The van der Waals surface area contributed by atoms with Gasteiger partial charge in [-0.2, -0.15) is 13.2 Å². The maximum absolute atomic E-state index is 14.5. The summed E-state index contributed by atoms with van der Waals surface area (Å²) in [6.07, 6.45) is -0.745. The van der Waals surface area contributed by atoms with Crippen molar-refractivity contribution in [3.05, 3.63) is 36.3 Å². The van der Waals surface area contributed by atoms with Gasteiger partial charge in [-0.3, -0.25) is 9.38 Å². The van der Waals surface area contributed by atoms with Crippen LogP contribution in [0, 0.1) is 5.82 Å². The number of alkyl halides is 3. The lowest BCUT2D eigenvalue weighted by Gasteiger charge is -2.42. The highest BCUT2D eigenvalue weighted by Crippen LogP contribution is 2.48. The average Bonchev–Trinajstić information content (AvgIpc) is 3.07. The highest BCUT2D eigenvalue weighted by Gasteiger charge is 2.61. The van der Waals surface area contributed by atoms with Crippen molar-refractivity contribution in [3.63, 3.8) is 0 Å². The van der Waals surface area contributed by atoms with E-state index < -0.39 is 23.5 Å². The summed E-state index contributed by atoms with van der Waals surface area (Å²) in [5, 5.41) is 8.03. The SMILES string of the molecule is COC(C)c1nnc2cnc(-c3cnc(OC4(C(F)(F)F)CCC4)c(F)c3)cn12. The van der Waals surface area contributed by atoms with Gasteiger partial charge in [0.05, 0.1) is 11.9 Å². The molecule has 1 atom stereocenters. The number of pyridine rings is 1. The molecule has 0 amide bonds. The standard InChI is InChI=1S/C18H17F4N5O2/c1-10(28-2)15-26-25-14-8-23-13(9-27(14)15)11-6-12(19)16(24-7-11)29-17(4-3-5-17)18(20,21)22/h6-10H,3-5H2,1-2H3. The van der Waals surface area contributed by atoms with E-state index in [0.29, 0.717) is 23.6 Å². The van der Waals surface area contributed by atoms with Crippen molar-refractivity contribution in [2.75, 3.05) is 7.11 Å². The maximum Gasteiger partial charge on any atom is 0.428 e. The normalized spacial score (nSPS) is 17.2. The van der Waals surface area contributed by atoms with Crippen LogP contribution in [0.1, 0.15) is 38.1 Å². The quantitative estimate of drug-likeness (QED) is 0.593. The molecule has 1 saturated carbocycles. The van der Waals surface area contributed by atoms with E-state index in [2.05, 4.69) is 20.2 Å². The molecule has 11 heteroatoms. The van der Waals surface area contributed by atoms with E-state index in [4.69, 9.17) is 9.47 Å². The van der Waals surface area contributed by atoms with Crippen LogP contribution in [-0.2, 0) is 4.74 Å². The Morgan fingerprint density at radius 2 is 1.93 bits per heavy atom. The van der Waals surface area contributed by atoms with Crippen LogP contribution >= 0.6 is 0 Å². The maximum atomic E-state index is 14.5. The Morgan fingerprint density at radius 3 is 2.52 bits per heavy atom. The lowest BCUT2D eigenvalue weighted by molar-refractivity contribution is -0.275. The van der Waals surface area contributed by atoms with Gasteiger partial charge in [0, 0.05) is 25.1 Å². The van der Waals surface area contributed by atoms with Gasteiger partial charge in [-0.25, -0.2) is 9.37 Å². The summed E-state index contributed by atoms with van der Waals surface area (Å²) < 4.78 is 66.1. The van der Waals surface area contributed by atoms with Gasteiger partial charge in [-0.1, -0.05) is 0 Å². The molecule has 1 unspecified atom stereocenters. The molecule has 3 aromatic rings. The first-order valence-electron chi connectivity index (χ1n) is 8.89. The molecule has 4 rings (SSSR count). The van der Waals surface area contributed by atoms with E-state index in [-0.39, 0.29) is 24.5 Å². The number of rotatable bonds is 5. The van der Waals surface area contributed by atoms with Gasteiger partial charge in [0.25, 0.3) is 5.88 Å². The molecule has 0 aromatic carbocycles. The van der Waals surface area contributed by atoms with Gasteiger partial charge in [-0.05, 0) is 32.3 Å². The number of halogens is 4. The van der Waals surface area contributed by atoms with Crippen molar-refractivity contribution in [1.29, 1.82) is 0 Å². The number of hydrogen-bond acceptors (Lipinski definition) is 6. The molecule has 29 heavy (non-hydrogen) atoms. The third-order valence-corrected chi connectivity index (χ3v) is 5.11. The Hall–Kier alpha value is -2.82. The van der Waals surface area contributed by atoms with E-state index in [9.17, 15) is 17.6 Å². The van der Waals surface area contributed by atoms with E-state index in [1.807, 2.05) is 0 Å². The van der Waals surface area contributed by atoms with Crippen molar-refractivity contribution in [2.24, 2.45) is 0 Å². The number of ether oxygens (including phenoxy) is 2. The molecule has 154 valence electrons. The summed E-state index contributed by atoms with van der Waals surface area (Å²) in [5.41, 5.74) is -1.28. The van der Waals surface area contributed by atoms with Crippen LogP contribution in [0.25, 0.3) is 16.9 Å². The first-order valence-corrected chi connectivity index (χ1v) is 8.89. The molecule has 0 aliphatic heterocycles. The van der Waals surface area contributed by atoms with Crippen LogP contribution in [0.3, 0.4) is 0 Å². The second-order valence-corrected chi connectivity index (χ2v) is 6.90. The van der Waals surface area contributed by atoms with Crippen molar-refractivity contribution < 1.29 is 27.0 Å². The summed E-state index contributed by atoms with van der Waals surface area (Å²) in [6, 6.07) is 1.04. The smallest absolute Gasteiger partial charge is 0.428 e. The van der Waals surface area contributed by atoms with Crippen molar-refractivity contribution in [3.8, 4) is 17.1 Å². The molecular formula is C18H17F4N5O2. The fraction of sp³-hybridized carbons (Fsp3) is 0.444. The monoisotopic (exact) mass is 411 g/mol. The molecule has 3 aromatic heterocycles. The molecule has 3 heterocycles. The van der Waals surface area contributed by atoms with Crippen LogP contribution in [0.4, 0.5) is 17.6 Å². The highest BCUT2D eigenvalue weighted by atomic mass is 19.4. The lowest BCUT2D eigenvalue weighted by Crippen LogP contribution is -2.55. The zero-order chi connectivity index (χ0) is 20.8. The Labute approximate surface area is 162 Å². The minimum Gasteiger partial charge on any atom is -0.459 e. The Kier molecular flexibility index (Phi) is 4.64. The first kappa shape index (κ1) is 19.5. The predicted molar refractivity (Wildman–Crippen MR) is 92.7 cm³/mol. The predicted octanol–water partition coefficient (Wildman–Crippen LogP) is 3.90. The zero-order valence-corrected chi connectivity index (χ0v) is 15.6. The molecule has 7 nitrogen and oxygen atoms in total. The molecular weight excluding hydrogens is 394 g/mol. The van der Waals surface area contributed by atoms with Crippen LogP contribution < -0.4 is 4.74 Å². The van der Waals surface area contributed by atoms with Crippen molar-refractivity contribution in [1.82, 2.24) is 24.6 Å². The van der Waals surface area contributed by atoms with Crippen LogP contribution in [0.5, 0.6) is 5.88 Å². The van der Waals surface area contributed by atoms with E-state index >= 15 is 0 Å². The van der Waals surface area contributed by atoms with Crippen LogP contribution in [-0.4, -0.2) is 43.5 Å². The summed E-state index contributed by atoms with van der Waals surface area (Å²) in [5.74, 6) is -1.14. The zero-order valence-electron chi connectivity index (χ0n) is 15.6. The number of nitrogens with zero attached hydrogens (tertiary/aromatic N) is 5. The molecule has 0 bridgehead atoms. The third-order valence-electron chi connectivity index (χ3n) is 5.11. The van der Waals surface area contributed by atoms with Gasteiger partial charge in [0.1, 0.15) is 6.10 Å². The molecule has 1 fully saturated rings. The van der Waals surface area contributed by atoms with Crippen molar-refractivity contribution in [2.45, 2.75) is 44.1 Å². The summed E-state index contributed by atoms with van der Waals surface area (Å²) in [6.45, 7) is 1.79. The molecule has 1 aliphatic carbocycles. The minimum atomic E-state index is -4.59. The molecule has 0 N–H and O–H groups in total. The second kappa shape index (κ2) is 6.90. The molecule has 1 aliphatic rings. The van der Waals surface area contributed by atoms with Gasteiger partial charge in [-0.15, -0.1) is 10.2 Å². The van der Waals surface area contributed by atoms with Gasteiger partial charge >= 0.3 is 6.18 Å². The van der Waals surface area contributed by atoms with Crippen molar-refractivity contribution >= 4 is 5.65 Å². The summed E-state index contributed by atoms with van der Waals surface area (Å²) in [7, 11) is 1.53. The number of fused-ring (bicyclic) bond motifs is 1. The Morgan fingerprint density at radius 1 is 1.17 bits per heavy atom. The minimum absolute atomic E-state index is 0.217.